The van der Waals surface area contributed by atoms with E-state index >= 15 is 0 Å². The Balaban J connectivity index is 1.83. The molecule has 1 saturated heterocycles. The van der Waals surface area contributed by atoms with E-state index in [2.05, 4.69) is 10.3 Å². The summed E-state index contributed by atoms with van der Waals surface area (Å²) >= 11 is 0. The molecule has 1 fully saturated rings. The first-order chi connectivity index (χ1) is 13.4. The van der Waals surface area contributed by atoms with Crippen LogP contribution in [0.1, 0.15) is 43.8 Å². The Morgan fingerprint density at radius 3 is 2.64 bits per heavy atom. The number of ether oxygens (including phenoxy) is 1. The third-order valence-electron chi connectivity index (χ3n) is 5.02. The monoisotopic (exact) mass is 403 g/mol. The van der Waals surface area contributed by atoms with Crippen molar-refractivity contribution in [3.05, 3.63) is 58.6 Å². The average Bonchev–Trinajstić information content (AvgIpc) is 2.93. The first-order valence-electron chi connectivity index (χ1n) is 9.32. The summed E-state index contributed by atoms with van der Waals surface area (Å²) in [5.74, 6) is -0.105. The van der Waals surface area contributed by atoms with Crippen molar-refractivity contribution >= 4 is 20.5 Å². The first-order valence-corrected chi connectivity index (χ1v) is 10.7. The van der Waals surface area contributed by atoms with Gasteiger partial charge in [0.1, 0.15) is 12.0 Å². The van der Waals surface area contributed by atoms with Gasteiger partial charge in [0.05, 0.1) is 12.2 Å². The highest BCUT2D eigenvalue weighted by molar-refractivity contribution is 7.31. The van der Waals surface area contributed by atoms with Gasteiger partial charge >= 0.3 is 5.69 Å². The average molecular weight is 403 g/mol. The SMILES string of the molecule is CC[C@H]1O[C@@H](n2ccc(NC(=O)c3ccccc3)nc2=O)C(C)(C)[C@H]1OPC. The first kappa shape index (κ1) is 20.6. The lowest BCUT2D eigenvalue weighted by Crippen LogP contribution is -2.38. The molecule has 1 aliphatic rings. The van der Waals surface area contributed by atoms with Gasteiger partial charge in [-0.1, -0.05) is 39.0 Å². The van der Waals surface area contributed by atoms with Crippen LogP contribution >= 0.6 is 8.81 Å². The highest BCUT2D eigenvalue weighted by atomic mass is 31.1. The van der Waals surface area contributed by atoms with Gasteiger partial charge in [0, 0.05) is 26.0 Å². The summed E-state index contributed by atoms with van der Waals surface area (Å²) in [5, 5.41) is 2.66. The second-order valence-corrected chi connectivity index (χ2v) is 7.97. The van der Waals surface area contributed by atoms with Gasteiger partial charge in [-0.3, -0.25) is 9.36 Å². The summed E-state index contributed by atoms with van der Waals surface area (Å²) in [4.78, 5) is 29.0. The van der Waals surface area contributed by atoms with Crippen LogP contribution in [0.5, 0.6) is 0 Å². The Labute approximate surface area is 166 Å². The van der Waals surface area contributed by atoms with Crippen molar-refractivity contribution in [1.29, 1.82) is 0 Å². The molecule has 1 aromatic heterocycles. The molecule has 4 atom stereocenters. The van der Waals surface area contributed by atoms with Crippen molar-refractivity contribution in [2.75, 3.05) is 12.0 Å². The second-order valence-electron chi connectivity index (χ2n) is 7.32. The van der Waals surface area contributed by atoms with E-state index in [1.807, 2.05) is 33.5 Å². The third kappa shape index (κ3) is 4.02. The Bertz CT molecular complexity index is 885. The van der Waals surface area contributed by atoms with E-state index in [1.165, 1.54) is 4.57 Å². The predicted molar refractivity (Wildman–Crippen MR) is 110 cm³/mol. The van der Waals surface area contributed by atoms with E-state index in [-0.39, 0.29) is 23.9 Å². The van der Waals surface area contributed by atoms with E-state index in [1.54, 1.807) is 36.5 Å². The molecule has 8 heteroatoms. The summed E-state index contributed by atoms with van der Waals surface area (Å²) in [6, 6.07) is 10.4. The topological polar surface area (TPSA) is 82.5 Å². The Morgan fingerprint density at radius 2 is 2.04 bits per heavy atom. The molecule has 150 valence electrons. The molecule has 28 heavy (non-hydrogen) atoms. The number of amides is 1. The van der Waals surface area contributed by atoms with Crippen molar-refractivity contribution in [1.82, 2.24) is 9.55 Å². The van der Waals surface area contributed by atoms with Gasteiger partial charge in [-0.15, -0.1) is 0 Å². The lowest BCUT2D eigenvalue weighted by atomic mass is 9.84. The van der Waals surface area contributed by atoms with Crippen molar-refractivity contribution < 1.29 is 14.1 Å². The predicted octanol–water partition coefficient (Wildman–Crippen LogP) is 3.44. The van der Waals surface area contributed by atoms with Gasteiger partial charge < -0.3 is 14.6 Å². The van der Waals surface area contributed by atoms with Gasteiger partial charge in [-0.05, 0) is 31.3 Å². The number of hydrogen-bond donors (Lipinski definition) is 1. The van der Waals surface area contributed by atoms with Crippen LogP contribution < -0.4 is 11.0 Å². The van der Waals surface area contributed by atoms with Gasteiger partial charge in [-0.2, -0.15) is 4.98 Å². The van der Waals surface area contributed by atoms with E-state index in [9.17, 15) is 9.59 Å². The fourth-order valence-electron chi connectivity index (χ4n) is 3.56. The summed E-state index contributed by atoms with van der Waals surface area (Å²) in [6.07, 6.45) is 1.73. The molecule has 0 radical (unpaired) electrons. The van der Waals surface area contributed by atoms with E-state index in [4.69, 9.17) is 9.26 Å². The molecule has 1 amide bonds. The molecule has 7 nitrogen and oxygen atoms in total. The largest absolute Gasteiger partial charge is 0.356 e. The highest BCUT2D eigenvalue weighted by Crippen LogP contribution is 2.48. The molecule has 2 heterocycles. The van der Waals surface area contributed by atoms with Gasteiger partial charge in [0.15, 0.2) is 0 Å². The zero-order chi connectivity index (χ0) is 20.3. The molecule has 0 spiro atoms. The number of aromatic nitrogens is 2. The minimum atomic E-state index is -0.488. The minimum absolute atomic E-state index is 0.0863. The van der Waals surface area contributed by atoms with Crippen LogP contribution in [0.2, 0.25) is 0 Å². The van der Waals surface area contributed by atoms with Crippen LogP contribution in [0.3, 0.4) is 0 Å². The van der Waals surface area contributed by atoms with Crippen LogP contribution in [0, 0.1) is 5.41 Å². The molecular weight excluding hydrogens is 377 g/mol. The van der Waals surface area contributed by atoms with E-state index < -0.39 is 17.3 Å². The normalized spacial score (nSPS) is 23.9. The number of nitrogens with one attached hydrogen (secondary N) is 1. The maximum atomic E-state index is 12.7. The number of benzene rings is 1. The van der Waals surface area contributed by atoms with Crippen LogP contribution in [0.15, 0.2) is 47.4 Å². The number of carbonyl (C=O) groups excluding carboxylic acids is 1. The van der Waals surface area contributed by atoms with E-state index in [0.717, 1.165) is 6.42 Å². The molecule has 3 rings (SSSR count). The van der Waals surface area contributed by atoms with Crippen molar-refractivity contribution in [2.45, 2.75) is 45.6 Å². The molecule has 1 unspecified atom stereocenters. The lowest BCUT2D eigenvalue weighted by molar-refractivity contribution is -0.0350. The highest BCUT2D eigenvalue weighted by Gasteiger charge is 2.51. The molecule has 1 N–H and O–H groups in total. The summed E-state index contributed by atoms with van der Waals surface area (Å²) in [6.45, 7) is 8.10. The summed E-state index contributed by atoms with van der Waals surface area (Å²) in [7, 11) is 0.343. The third-order valence-corrected chi connectivity index (χ3v) is 5.51. The van der Waals surface area contributed by atoms with Gasteiger partial charge in [0.2, 0.25) is 0 Å². The number of carbonyl (C=O) groups is 1. The lowest BCUT2D eigenvalue weighted by Gasteiger charge is -2.31. The maximum absolute atomic E-state index is 12.7. The Kier molecular flexibility index (Phi) is 6.28. The van der Waals surface area contributed by atoms with Crippen molar-refractivity contribution in [2.24, 2.45) is 5.41 Å². The molecule has 1 aromatic carbocycles. The van der Waals surface area contributed by atoms with E-state index in [0.29, 0.717) is 14.4 Å². The van der Waals surface area contributed by atoms with Gasteiger partial charge in [-0.25, -0.2) is 4.79 Å². The molecule has 0 saturated carbocycles. The maximum Gasteiger partial charge on any atom is 0.351 e. The van der Waals surface area contributed by atoms with Crippen LogP contribution in [0.4, 0.5) is 5.82 Å². The molecule has 0 bridgehead atoms. The van der Waals surface area contributed by atoms with Crippen molar-refractivity contribution in [3.63, 3.8) is 0 Å². The quantitative estimate of drug-likeness (QED) is 0.747. The summed E-state index contributed by atoms with van der Waals surface area (Å²) in [5.41, 5.74) is -0.373. The minimum Gasteiger partial charge on any atom is -0.356 e. The molecule has 1 aliphatic heterocycles. The molecular formula is C20H26N3O4P. The van der Waals surface area contributed by atoms with Crippen LogP contribution in [0.25, 0.3) is 0 Å². The zero-order valence-electron chi connectivity index (χ0n) is 16.5. The smallest absolute Gasteiger partial charge is 0.351 e. The fraction of sp³-hybridized carbons (Fsp3) is 0.450. The molecule has 2 aromatic rings. The number of rotatable bonds is 6. The van der Waals surface area contributed by atoms with Crippen LogP contribution in [-0.2, 0) is 9.26 Å². The standard InChI is InChI=1S/C20H26N3O4P/c1-5-14-16(27-28-4)20(2,3)18(26-14)23-12-11-15(22-19(23)25)21-17(24)13-9-7-6-8-10-13/h6-12,14,16,18,28H,5H2,1-4H3,(H,21,22,24,25)/t14-,16+,18-/m1/s1. The number of hydrogen-bond acceptors (Lipinski definition) is 5. The fourth-order valence-corrected chi connectivity index (χ4v) is 4.27. The summed E-state index contributed by atoms with van der Waals surface area (Å²) < 4.78 is 13.6. The number of anilines is 1. The molecule has 0 aliphatic carbocycles. The second kappa shape index (κ2) is 8.52. The van der Waals surface area contributed by atoms with Gasteiger partial charge in [0.25, 0.3) is 5.91 Å². The zero-order valence-corrected chi connectivity index (χ0v) is 17.5. The Hall–Kier alpha value is -2.08. The van der Waals surface area contributed by atoms with Crippen molar-refractivity contribution in [3.8, 4) is 0 Å². The van der Waals surface area contributed by atoms with Crippen LogP contribution in [-0.4, -0.2) is 34.3 Å². The Morgan fingerprint density at radius 1 is 1.32 bits per heavy atom. The number of nitrogens with zero attached hydrogens (tertiary/aromatic N) is 2.